The molecule has 0 N–H and O–H groups in total. The summed E-state index contributed by atoms with van der Waals surface area (Å²) < 4.78 is 40.4. The number of nitrogens with zero attached hydrogens (tertiary/aromatic N) is 2. The summed E-state index contributed by atoms with van der Waals surface area (Å²) in [5.41, 5.74) is 0.706. The zero-order valence-electron chi connectivity index (χ0n) is 20.0. The summed E-state index contributed by atoms with van der Waals surface area (Å²) in [6.07, 6.45) is -4.38. The average Bonchev–Trinajstić information content (AvgIpc) is 3.48. The van der Waals surface area contributed by atoms with Gasteiger partial charge in [-0.1, -0.05) is 56.3 Å². The molecular weight excluding hydrogens is 469 g/mol. The Hall–Kier alpha value is -2.64. The van der Waals surface area contributed by atoms with E-state index >= 15 is 0 Å². The summed E-state index contributed by atoms with van der Waals surface area (Å²) in [6, 6.07) is 19.0. The minimum absolute atomic E-state index is 0.0289. The Morgan fingerprint density at radius 1 is 1.06 bits per heavy atom. The second kappa shape index (κ2) is 11.0. The van der Waals surface area contributed by atoms with Gasteiger partial charge in [0.05, 0.1) is 5.56 Å². The minimum atomic E-state index is -4.38. The standard InChI is InChI=1S/C28H31F3N2OS/c1-20(2)15-33(27(34)21-8-4-3-5-9-21)17-23-16-32(18-25-12-7-13-35-25)19-26(23)22-10-6-11-24(14-22)28(29,30)31/h3-14,20,23,26H,15-19H2,1-2H3/t23-,26-/m1/s1. The third-order valence-electron chi connectivity index (χ3n) is 6.47. The van der Waals surface area contributed by atoms with Crippen molar-refractivity contribution in [1.29, 1.82) is 0 Å². The van der Waals surface area contributed by atoms with Crippen LogP contribution in [0.15, 0.2) is 72.1 Å². The summed E-state index contributed by atoms with van der Waals surface area (Å²) in [5, 5.41) is 2.04. The fourth-order valence-corrected chi connectivity index (χ4v) is 5.69. The van der Waals surface area contributed by atoms with Crippen LogP contribution < -0.4 is 0 Å². The van der Waals surface area contributed by atoms with E-state index in [1.165, 1.54) is 17.0 Å². The van der Waals surface area contributed by atoms with Crippen LogP contribution in [-0.2, 0) is 12.7 Å². The maximum atomic E-state index is 13.5. The Morgan fingerprint density at radius 2 is 1.83 bits per heavy atom. The zero-order valence-corrected chi connectivity index (χ0v) is 20.9. The van der Waals surface area contributed by atoms with Gasteiger partial charge in [0.15, 0.2) is 0 Å². The molecule has 1 aromatic heterocycles. The quantitative estimate of drug-likeness (QED) is 0.340. The number of halogens is 3. The van der Waals surface area contributed by atoms with Crippen LogP contribution in [0.3, 0.4) is 0 Å². The number of carbonyl (C=O) groups is 1. The van der Waals surface area contributed by atoms with Gasteiger partial charge in [-0.05, 0) is 47.0 Å². The van der Waals surface area contributed by atoms with E-state index in [0.717, 1.165) is 19.2 Å². The van der Waals surface area contributed by atoms with Crippen molar-refractivity contribution in [3.05, 3.63) is 93.7 Å². The Morgan fingerprint density at radius 3 is 2.49 bits per heavy atom. The highest BCUT2D eigenvalue weighted by molar-refractivity contribution is 7.09. The van der Waals surface area contributed by atoms with Crippen LogP contribution in [-0.4, -0.2) is 41.9 Å². The molecule has 0 radical (unpaired) electrons. The molecule has 1 aliphatic heterocycles. The molecule has 1 fully saturated rings. The van der Waals surface area contributed by atoms with E-state index in [2.05, 4.69) is 24.8 Å². The van der Waals surface area contributed by atoms with Gasteiger partial charge in [0.2, 0.25) is 0 Å². The molecule has 0 aliphatic carbocycles. The lowest BCUT2D eigenvalue weighted by molar-refractivity contribution is -0.137. The highest BCUT2D eigenvalue weighted by Crippen LogP contribution is 2.38. The van der Waals surface area contributed by atoms with E-state index in [4.69, 9.17) is 0 Å². The number of rotatable bonds is 8. The number of thiophene rings is 1. The average molecular weight is 501 g/mol. The molecule has 2 atom stereocenters. The fraction of sp³-hybridized carbons (Fsp3) is 0.393. The van der Waals surface area contributed by atoms with E-state index in [9.17, 15) is 18.0 Å². The third kappa shape index (κ3) is 6.53. The molecule has 0 saturated carbocycles. The second-order valence-corrected chi connectivity index (χ2v) is 10.8. The summed E-state index contributed by atoms with van der Waals surface area (Å²) in [4.78, 5) is 18.8. The van der Waals surface area contributed by atoms with Crippen LogP contribution in [0, 0.1) is 11.8 Å². The number of carbonyl (C=O) groups excluding carboxylic acids is 1. The van der Waals surface area contributed by atoms with Gasteiger partial charge in [0.25, 0.3) is 5.91 Å². The molecular formula is C28H31F3N2OS. The van der Waals surface area contributed by atoms with Crippen LogP contribution in [0.5, 0.6) is 0 Å². The Balaban J connectivity index is 1.62. The zero-order chi connectivity index (χ0) is 25.0. The first-order valence-corrected chi connectivity index (χ1v) is 12.8. The van der Waals surface area contributed by atoms with Crippen molar-refractivity contribution < 1.29 is 18.0 Å². The molecule has 3 aromatic rings. The predicted molar refractivity (Wildman–Crippen MR) is 134 cm³/mol. The van der Waals surface area contributed by atoms with Crippen LogP contribution in [0.25, 0.3) is 0 Å². The molecule has 0 unspecified atom stereocenters. The Bertz CT molecular complexity index is 1100. The van der Waals surface area contributed by atoms with Crippen LogP contribution in [0.1, 0.15) is 46.1 Å². The second-order valence-electron chi connectivity index (χ2n) is 9.73. The van der Waals surface area contributed by atoms with Crippen molar-refractivity contribution in [2.45, 2.75) is 32.5 Å². The van der Waals surface area contributed by atoms with E-state index in [1.54, 1.807) is 17.4 Å². The predicted octanol–water partition coefficient (Wildman–Crippen LogP) is 6.78. The molecule has 2 heterocycles. The normalized spacial score (nSPS) is 18.8. The summed E-state index contributed by atoms with van der Waals surface area (Å²) in [7, 11) is 0. The molecule has 0 bridgehead atoms. The van der Waals surface area contributed by atoms with Gasteiger partial charge in [-0.2, -0.15) is 13.2 Å². The molecule has 0 spiro atoms. The van der Waals surface area contributed by atoms with Gasteiger partial charge >= 0.3 is 6.18 Å². The number of hydrogen-bond acceptors (Lipinski definition) is 3. The largest absolute Gasteiger partial charge is 0.416 e. The highest BCUT2D eigenvalue weighted by Gasteiger charge is 2.38. The van der Waals surface area contributed by atoms with Crippen molar-refractivity contribution in [3.8, 4) is 0 Å². The van der Waals surface area contributed by atoms with Gasteiger partial charge in [-0.15, -0.1) is 11.3 Å². The first-order valence-electron chi connectivity index (χ1n) is 12.0. The van der Waals surface area contributed by atoms with E-state index in [-0.39, 0.29) is 23.7 Å². The summed E-state index contributed by atoms with van der Waals surface area (Å²) in [6.45, 7) is 7.42. The van der Waals surface area contributed by atoms with Crippen molar-refractivity contribution in [3.63, 3.8) is 0 Å². The van der Waals surface area contributed by atoms with E-state index < -0.39 is 11.7 Å². The van der Waals surface area contributed by atoms with Crippen LogP contribution in [0.4, 0.5) is 13.2 Å². The lowest BCUT2D eigenvalue weighted by atomic mass is 9.87. The van der Waals surface area contributed by atoms with Crippen molar-refractivity contribution >= 4 is 17.2 Å². The Labute approximate surface area is 209 Å². The summed E-state index contributed by atoms with van der Waals surface area (Å²) in [5.74, 6) is 0.192. The number of benzene rings is 2. The van der Waals surface area contributed by atoms with Crippen molar-refractivity contribution in [2.24, 2.45) is 11.8 Å². The molecule has 1 amide bonds. The molecule has 7 heteroatoms. The molecule has 35 heavy (non-hydrogen) atoms. The van der Waals surface area contributed by atoms with Crippen molar-refractivity contribution in [1.82, 2.24) is 9.80 Å². The highest BCUT2D eigenvalue weighted by atomic mass is 32.1. The minimum Gasteiger partial charge on any atom is -0.338 e. The smallest absolute Gasteiger partial charge is 0.338 e. The number of amides is 1. The van der Waals surface area contributed by atoms with Crippen LogP contribution in [0.2, 0.25) is 0 Å². The SMILES string of the molecule is CC(C)CN(C[C@H]1CN(Cc2cccs2)C[C@@H]1c1cccc(C(F)(F)F)c1)C(=O)c1ccccc1. The molecule has 186 valence electrons. The number of likely N-dealkylation sites (tertiary alicyclic amines) is 1. The maximum Gasteiger partial charge on any atom is 0.416 e. The monoisotopic (exact) mass is 500 g/mol. The number of alkyl halides is 3. The van der Waals surface area contributed by atoms with Gasteiger partial charge in [0.1, 0.15) is 0 Å². The number of hydrogen-bond donors (Lipinski definition) is 0. The van der Waals surface area contributed by atoms with Gasteiger partial charge in [-0.25, -0.2) is 0 Å². The van der Waals surface area contributed by atoms with Gasteiger partial charge < -0.3 is 4.90 Å². The molecule has 1 saturated heterocycles. The first-order chi connectivity index (χ1) is 16.7. The van der Waals surface area contributed by atoms with Crippen molar-refractivity contribution in [2.75, 3.05) is 26.2 Å². The molecule has 3 nitrogen and oxygen atoms in total. The molecule has 2 aromatic carbocycles. The molecule has 4 rings (SSSR count). The molecule has 1 aliphatic rings. The maximum absolute atomic E-state index is 13.5. The first kappa shape index (κ1) is 25.5. The summed E-state index contributed by atoms with van der Waals surface area (Å²) >= 11 is 1.68. The van der Waals surface area contributed by atoms with E-state index in [1.807, 2.05) is 46.7 Å². The lowest BCUT2D eigenvalue weighted by Gasteiger charge is -2.30. The fourth-order valence-electron chi connectivity index (χ4n) is 4.95. The van der Waals surface area contributed by atoms with Gasteiger partial charge in [0, 0.05) is 49.1 Å². The van der Waals surface area contributed by atoms with Crippen LogP contribution >= 0.6 is 11.3 Å². The Kier molecular flexibility index (Phi) is 7.97. The third-order valence-corrected chi connectivity index (χ3v) is 7.33. The lowest BCUT2D eigenvalue weighted by Crippen LogP contribution is -2.39. The topological polar surface area (TPSA) is 23.6 Å². The van der Waals surface area contributed by atoms with Gasteiger partial charge in [-0.3, -0.25) is 9.69 Å². The van der Waals surface area contributed by atoms with E-state index in [0.29, 0.717) is 30.8 Å².